The molecule has 0 saturated carbocycles. The number of hydrogen-bond acceptors (Lipinski definition) is 6. The summed E-state index contributed by atoms with van der Waals surface area (Å²) in [4.78, 5) is 33.0. The first-order chi connectivity index (χ1) is 21.3. The third-order valence-electron chi connectivity index (χ3n) is 7.76. The maximum Gasteiger partial charge on any atom is 0.418 e. The van der Waals surface area contributed by atoms with Gasteiger partial charge in [0.1, 0.15) is 0 Å². The second-order valence-corrected chi connectivity index (χ2v) is 10.8. The molecule has 234 valence electrons. The van der Waals surface area contributed by atoms with Gasteiger partial charge in [-0.25, -0.2) is 4.79 Å². The van der Waals surface area contributed by atoms with Crippen molar-refractivity contribution >= 4 is 29.0 Å². The molecule has 3 aromatic rings. The minimum absolute atomic E-state index is 0.286. The second kappa shape index (κ2) is 14.6. The molecule has 2 heterocycles. The normalized spacial score (nSPS) is 16.4. The second-order valence-electron chi connectivity index (χ2n) is 10.8. The fourth-order valence-electron chi connectivity index (χ4n) is 5.43. The van der Waals surface area contributed by atoms with Gasteiger partial charge in [0.2, 0.25) is 0 Å². The van der Waals surface area contributed by atoms with E-state index in [2.05, 4.69) is 42.8 Å². The maximum absolute atomic E-state index is 13.5. The fraction of sp³-hybridized carbons (Fsp3) is 0.375. The van der Waals surface area contributed by atoms with Crippen LogP contribution in [0.15, 0.2) is 72.8 Å². The minimum Gasteiger partial charge on any atom is -0.379 e. The highest BCUT2D eigenvalue weighted by molar-refractivity contribution is 6.04. The van der Waals surface area contributed by atoms with Crippen LogP contribution in [0.5, 0.6) is 0 Å². The highest BCUT2D eigenvalue weighted by atomic mass is 19.4. The van der Waals surface area contributed by atoms with Gasteiger partial charge in [-0.1, -0.05) is 42.5 Å². The van der Waals surface area contributed by atoms with Crippen molar-refractivity contribution in [3.05, 3.63) is 89.5 Å². The minimum atomic E-state index is -4.62. The van der Waals surface area contributed by atoms with Gasteiger partial charge in [0.05, 0.1) is 30.0 Å². The van der Waals surface area contributed by atoms with Crippen LogP contribution < -0.4 is 20.9 Å². The Bertz CT molecular complexity index is 1410. The van der Waals surface area contributed by atoms with Gasteiger partial charge >= 0.3 is 12.2 Å². The summed E-state index contributed by atoms with van der Waals surface area (Å²) >= 11 is 0. The number of benzene rings is 3. The Morgan fingerprint density at radius 1 is 0.795 bits per heavy atom. The predicted molar refractivity (Wildman–Crippen MR) is 164 cm³/mol. The van der Waals surface area contributed by atoms with E-state index in [0.717, 1.165) is 44.5 Å². The van der Waals surface area contributed by atoms with E-state index >= 15 is 0 Å². The van der Waals surface area contributed by atoms with Crippen LogP contribution in [0.2, 0.25) is 0 Å². The molecule has 0 aromatic heterocycles. The number of nitrogens with zero attached hydrogens (tertiary/aromatic N) is 3. The highest BCUT2D eigenvalue weighted by Gasteiger charge is 2.33. The van der Waals surface area contributed by atoms with Gasteiger partial charge in [0.25, 0.3) is 5.91 Å². The van der Waals surface area contributed by atoms with Crippen molar-refractivity contribution in [2.24, 2.45) is 0 Å². The fourth-order valence-corrected chi connectivity index (χ4v) is 5.43. The number of para-hydroxylation sites is 1. The average Bonchev–Trinajstić information content (AvgIpc) is 3.02. The molecule has 0 bridgehead atoms. The number of carbonyl (C=O) groups excluding carboxylic acids is 2. The number of amides is 3. The van der Waals surface area contributed by atoms with Gasteiger partial charge in [-0.15, -0.1) is 0 Å². The average molecular weight is 611 g/mol. The van der Waals surface area contributed by atoms with Gasteiger partial charge in [-0.05, 0) is 35.9 Å². The first kappa shape index (κ1) is 31.3. The molecule has 3 aromatic carbocycles. The van der Waals surface area contributed by atoms with Crippen molar-refractivity contribution in [3.63, 3.8) is 0 Å². The van der Waals surface area contributed by atoms with Crippen molar-refractivity contribution in [2.45, 2.75) is 12.7 Å². The first-order valence-electron chi connectivity index (χ1n) is 14.7. The number of ether oxygens (including phenoxy) is 1. The summed E-state index contributed by atoms with van der Waals surface area (Å²) in [5.41, 5.74) is 1.35. The van der Waals surface area contributed by atoms with Gasteiger partial charge < -0.3 is 25.6 Å². The smallest absolute Gasteiger partial charge is 0.379 e. The van der Waals surface area contributed by atoms with Crippen molar-refractivity contribution in [1.29, 1.82) is 0 Å². The molecule has 44 heavy (non-hydrogen) atoms. The Labute approximate surface area is 255 Å². The zero-order valence-electron chi connectivity index (χ0n) is 24.4. The van der Waals surface area contributed by atoms with Crippen LogP contribution in [-0.2, 0) is 17.5 Å². The number of piperazine rings is 1. The molecular weight excluding hydrogens is 573 g/mol. The lowest BCUT2D eigenvalue weighted by Crippen LogP contribution is -2.46. The lowest BCUT2D eigenvalue weighted by molar-refractivity contribution is -0.136. The Hall–Kier alpha value is -4.13. The van der Waals surface area contributed by atoms with E-state index in [4.69, 9.17) is 4.74 Å². The largest absolute Gasteiger partial charge is 0.418 e. The summed E-state index contributed by atoms with van der Waals surface area (Å²) in [7, 11) is 0. The topological polar surface area (TPSA) is 89.2 Å². The Morgan fingerprint density at radius 3 is 2.23 bits per heavy atom. The molecule has 2 aliphatic rings. The van der Waals surface area contributed by atoms with Gasteiger partial charge in [0, 0.05) is 70.3 Å². The number of carbonyl (C=O) groups is 2. The number of nitrogens with one attached hydrogen (secondary N) is 3. The molecule has 3 N–H and O–H groups in total. The van der Waals surface area contributed by atoms with Crippen LogP contribution in [0.3, 0.4) is 0 Å². The van der Waals surface area contributed by atoms with E-state index in [1.807, 2.05) is 18.2 Å². The zero-order chi connectivity index (χ0) is 30.9. The van der Waals surface area contributed by atoms with Crippen LogP contribution >= 0.6 is 0 Å². The van der Waals surface area contributed by atoms with E-state index in [1.54, 1.807) is 18.2 Å². The summed E-state index contributed by atoms with van der Waals surface area (Å²) in [6.45, 7) is 7.96. The van der Waals surface area contributed by atoms with E-state index in [1.165, 1.54) is 23.8 Å². The molecule has 2 aliphatic heterocycles. The third-order valence-corrected chi connectivity index (χ3v) is 7.76. The number of halogens is 3. The molecule has 3 amide bonds. The number of alkyl halides is 3. The van der Waals surface area contributed by atoms with Crippen LogP contribution in [0.4, 0.5) is 35.0 Å². The summed E-state index contributed by atoms with van der Waals surface area (Å²) in [6.07, 6.45) is -4.62. The van der Waals surface area contributed by atoms with Crippen molar-refractivity contribution in [3.8, 4) is 0 Å². The predicted octanol–water partition coefficient (Wildman–Crippen LogP) is 4.73. The lowest BCUT2D eigenvalue weighted by Gasteiger charge is -2.37. The first-order valence-corrected chi connectivity index (χ1v) is 14.7. The number of rotatable bonds is 9. The standard InChI is InChI=1S/C32H37F3N6O3/c33-32(34,35)27-8-4-5-9-28(27)38-31(43)37-25-10-11-29(26(22-25)30(42)36-12-13-39-18-20-44-21-19-39)41-16-14-40(15-17-41)23-24-6-2-1-3-7-24/h1-11,22H,12-21,23H2,(H,36,42)(H2,37,38,43). The number of anilines is 3. The summed E-state index contributed by atoms with van der Waals surface area (Å²) < 4.78 is 45.6. The molecule has 2 saturated heterocycles. The SMILES string of the molecule is O=C(Nc1ccc(N2CCN(Cc3ccccc3)CC2)c(C(=O)NCCN2CCOCC2)c1)Nc1ccccc1C(F)(F)F. The Morgan fingerprint density at radius 2 is 1.50 bits per heavy atom. The monoisotopic (exact) mass is 610 g/mol. The molecule has 5 rings (SSSR count). The van der Waals surface area contributed by atoms with E-state index in [-0.39, 0.29) is 17.3 Å². The van der Waals surface area contributed by atoms with E-state index < -0.39 is 17.8 Å². The van der Waals surface area contributed by atoms with E-state index in [9.17, 15) is 22.8 Å². The molecular formula is C32H37F3N6O3. The van der Waals surface area contributed by atoms with Crippen LogP contribution in [0.25, 0.3) is 0 Å². The van der Waals surface area contributed by atoms with Crippen LogP contribution in [0.1, 0.15) is 21.5 Å². The Kier molecular flexibility index (Phi) is 10.4. The summed E-state index contributed by atoms with van der Waals surface area (Å²) in [6, 6.07) is 19.2. The quantitative estimate of drug-likeness (QED) is 0.325. The van der Waals surface area contributed by atoms with Crippen molar-refractivity contribution < 1.29 is 27.5 Å². The summed E-state index contributed by atoms with van der Waals surface area (Å²) in [5, 5.41) is 7.88. The zero-order valence-corrected chi connectivity index (χ0v) is 24.4. The third kappa shape index (κ3) is 8.49. The van der Waals surface area contributed by atoms with Gasteiger partial charge in [-0.3, -0.25) is 14.6 Å². The number of morpholine rings is 1. The molecule has 0 radical (unpaired) electrons. The molecule has 9 nitrogen and oxygen atoms in total. The van der Waals surface area contributed by atoms with Crippen molar-refractivity contribution in [2.75, 3.05) is 81.1 Å². The molecule has 0 atom stereocenters. The Balaban J connectivity index is 1.28. The van der Waals surface area contributed by atoms with Gasteiger partial charge in [0.15, 0.2) is 0 Å². The van der Waals surface area contributed by atoms with Gasteiger partial charge in [-0.2, -0.15) is 13.2 Å². The van der Waals surface area contributed by atoms with Crippen LogP contribution in [-0.4, -0.2) is 87.3 Å². The molecule has 0 unspecified atom stereocenters. The van der Waals surface area contributed by atoms with Crippen LogP contribution in [0, 0.1) is 0 Å². The maximum atomic E-state index is 13.5. The highest BCUT2D eigenvalue weighted by Crippen LogP contribution is 2.34. The number of hydrogen-bond donors (Lipinski definition) is 3. The lowest BCUT2D eigenvalue weighted by atomic mass is 10.1. The van der Waals surface area contributed by atoms with Crippen molar-refractivity contribution in [1.82, 2.24) is 15.1 Å². The van der Waals surface area contributed by atoms with E-state index in [0.29, 0.717) is 45.0 Å². The molecule has 12 heteroatoms. The number of urea groups is 1. The molecule has 0 aliphatic carbocycles. The molecule has 2 fully saturated rings. The summed E-state index contributed by atoms with van der Waals surface area (Å²) in [5.74, 6) is -0.286. The molecule has 0 spiro atoms.